The first-order valence-corrected chi connectivity index (χ1v) is 10.9. The molecule has 10 heteroatoms. The molecule has 2 heterocycles. The molecule has 0 spiro atoms. The van der Waals surface area contributed by atoms with Crippen LogP contribution in [0.1, 0.15) is 12.6 Å². The summed E-state index contributed by atoms with van der Waals surface area (Å²) < 4.78 is 4.90. The van der Waals surface area contributed by atoms with E-state index < -0.39 is 0 Å². The average molecular weight is 457 g/mol. The van der Waals surface area contributed by atoms with Crippen LogP contribution in [0, 0.1) is 0 Å². The van der Waals surface area contributed by atoms with Gasteiger partial charge in [-0.3, -0.25) is 14.5 Å². The van der Waals surface area contributed by atoms with E-state index in [2.05, 4.69) is 20.1 Å². The van der Waals surface area contributed by atoms with Crippen molar-refractivity contribution in [2.45, 2.75) is 13.3 Å². The van der Waals surface area contributed by atoms with E-state index >= 15 is 0 Å². The molecule has 0 atom stereocenters. The number of piperazine rings is 1. The first-order chi connectivity index (χ1) is 13.9. The molecule has 2 aromatic rings. The molecule has 0 radical (unpaired) electrons. The third-order valence-electron chi connectivity index (χ3n) is 4.38. The van der Waals surface area contributed by atoms with Crippen molar-refractivity contribution in [2.75, 3.05) is 49.5 Å². The van der Waals surface area contributed by atoms with Gasteiger partial charge in [-0.2, -0.15) is 0 Å². The van der Waals surface area contributed by atoms with Crippen molar-refractivity contribution in [2.24, 2.45) is 0 Å². The lowest BCUT2D eigenvalue weighted by Crippen LogP contribution is -2.48. The number of anilines is 2. The minimum atomic E-state index is -0.325. The molecule has 0 aliphatic carbocycles. The molecule has 1 fully saturated rings. The summed E-state index contributed by atoms with van der Waals surface area (Å²) in [5, 5.41) is 6.26. The van der Waals surface area contributed by atoms with Gasteiger partial charge >= 0.3 is 5.97 Å². The summed E-state index contributed by atoms with van der Waals surface area (Å²) in [6, 6.07) is 5.50. The fraction of sp³-hybridized carbons (Fsp3) is 0.421. The summed E-state index contributed by atoms with van der Waals surface area (Å²) in [7, 11) is 0. The number of thiazole rings is 1. The van der Waals surface area contributed by atoms with Gasteiger partial charge in [-0.25, -0.2) is 4.98 Å². The standard InChI is InChI=1S/C19H22Cl2N4O3S/c1-2-28-18(27)10-15-12-29-19(22-15)23-17(26)11-24-3-5-25(6-4-24)16-8-13(20)7-14(21)9-16/h7-9,12H,2-6,10-11H2,1H3,(H,22,23,26). The Kier molecular flexibility index (Phi) is 7.71. The molecule has 0 saturated carbocycles. The summed E-state index contributed by atoms with van der Waals surface area (Å²) in [6.45, 7) is 5.46. The Labute approximate surface area is 183 Å². The van der Waals surface area contributed by atoms with Crippen LogP contribution in [0.3, 0.4) is 0 Å². The number of hydrogen-bond acceptors (Lipinski definition) is 7. The lowest BCUT2D eigenvalue weighted by Gasteiger charge is -2.35. The number of rotatable bonds is 7. The van der Waals surface area contributed by atoms with Crippen molar-refractivity contribution in [3.63, 3.8) is 0 Å². The molecule has 1 aromatic heterocycles. The van der Waals surface area contributed by atoms with E-state index in [4.69, 9.17) is 27.9 Å². The summed E-state index contributed by atoms with van der Waals surface area (Å²) in [6.07, 6.45) is 0.107. The predicted octanol–water partition coefficient (Wildman–Crippen LogP) is 3.32. The number of carbonyl (C=O) groups excluding carboxylic acids is 2. The highest BCUT2D eigenvalue weighted by Gasteiger charge is 2.20. The van der Waals surface area contributed by atoms with Crippen molar-refractivity contribution in [1.29, 1.82) is 0 Å². The fourth-order valence-corrected chi connectivity index (χ4v) is 4.29. The SMILES string of the molecule is CCOC(=O)Cc1csc(NC(=O)CN2CCN(c3cc(Cl)cc(Cl)c3)CC2)n1. The molecule has 156 valence electrons. The summed E-state index contributed by atoms with van der Waals surface area (Å²) in [4.78, 5) is 32.4. The normalized spacial score (nSPS) is 14.7. The maximum atomic E-state index is 12.3. The van der Waals surface area contributed by atoms with Gasteiger partial charge in [-0.15, -0.1) is 11.3 Å². The summed E-state index contributed by atoms with van der Waals surface area (Å²) >= 11 is 13.5. The number of benzene rings is 1. The molecule has 29 heavy (non-hydrogen) atoms. The van der Waals surface area contributed by atoms with Crippen LogP contribution < -0.4 is 10.2 Å². The van der Waals surface area contributed by atoms with E-state index in [0.29, 0.717) is 27.5 Å². The van der Waals surface area contributed by atoms with Gasteiger partial charge in [0, 0.05) is 47.3 Å². The Morgan fingerprint density at radius 1 is 1.17 bits per heavy atom. The zero-order valence-electron chi connectivity index (χ0n) is 16.0. The first kappa shape index (κ1) is 21.8. The number of aromatic nitrogens is 1. The molecule has 1 aliphatic heterocycles. The lowest BCUT2D eigenvalue weighted by atomic mass is 10.2. The fourth-order valence-electron chi connectivity index (χ4n) is 3.05. The monoisotopic (exact) mass is 456 g/mol. The van der Waals surface area contributed by atoms with Crippen molar-refractivity contribution < 1.29 is 14.3 Å². The first-order valence-electron chi connectivity index (χ1n) is 9.26. The largest absolute Gasteiger partial charge is 0.466 e. The molecule has 1 amide bonds. The second-order valence-electron chi connectivity index (χ2n) is 6.56. The van der Waals surface area contributed by atoms with Crippen molar-refractivity contribution in [1.82, 2.24) is 9.88 Å². The van der Waals surface area contributed by atoms with Gasteiger partial charge in [0.2, 0.25) is 5.91 Å². The molecular weight excluding hydrogens is 435 g/mol. The molecule has 1 aliphatic rings. The molecule has 1 N–H and O–H groups in total. The number of carbonyl (C=O) groups is 2. The third-order valence-corrected chi connectivity index (χ3v) is 5.62. The van der Waals surface area contributed by atoms with Crippen LogP contribution in [0.2, 0.25) is 10.0 Å². The van der Waals surface area contributed by atoms with Crippen LogP contribution in [-0.2, 0) is 20.7 Å². The second-order valence-corrected chi connectivity index (χ2v) is 8.30. The van der Waals surface area contributed by atoms with E-state index in [1.54, 1.807) is 18.4 Å². The van der Waals surface area contributed by atoms with Crippen molar-refractivity contribution >= 4 is 57.2 Å². The van der Waals surface area contributed by atoms with Crippen LogP contribution in [0.5, 0.6) is 0 Å². The highest BCUT2D eigenvalue weighted by molar-refractivity contribution is 7.13. The number of ether oxygens (including phenoxy) is 1. The van der Waals surface area contributed by atoms with Gasteiger partial charge in [-0.05, 0) is 25.1 Å². The average Bonchev–Trinajstić information content (AvgIpc) is 3.08. The van der Waals surface area contributed by atoms with Crippen LogP contribution in [-0.4, -0.2) is 61.1 Å². The van der Waals surface area contributed by atoms with Gasteiger partial charge in [0.05, 0.1) is 25.3 Å². The topological polar surface area (TPSA) is 74.8 Å². The predicted molar refractivity (Wildman–Crippen MR) is 116 cm³/mol. The molecule has 1 saturated heterocycles. The number of amides is 1. The van der Waals surface area contributed by atoms with E-state index in [0.717, 1.165) is 31.9 Å². The highest BCUT2D eigenvalue weighted by Crippen LogP contribution is 2.26. The van der Waals surface area contributed by atoms with E-state index in [1.165, 1.54) is 11.3 Å². The smallest absolute Gasteiger partial charge is 0.311 e. The Balaban J connectivity index is 1.45. The zero-order chi connectivity index (χ0) is 20.8. The molecule has 3 rings (SSSR count). The molecule has 0 bridgehead atoms. The number of esters is 1. The quantitative estimate of drug-likeness (QED) is 0.644. The molecule has 7 nitrogen and oxygen atoms in total. The molecule has 0 unspecified atom stereocenters. The Hall–Kier alpha value is -1.87. The summed E-state index contributed by atoms with van der Waals surface area (Å²) in [5.74, 6) is -0.448. The number of halogens is 2. The second kappa shape index (κ2) is 10.2. The maximum Gasteiger partial charge on any atom is 0.311 e. The minimum absolute atomic E-state index is 0.107. The Bertz CT molecular complexity index is 849. The van der Waals surface area contributed by atoms with Gasteiger partial charge in [0.25, 0.3) is 0 Å². The van der Waals surface area contributed by atoms with E-state index in [1.807, 2.05) is 12.1 Å². The van der Waals surface area contributed by atoms with Crippen LogP contribution in [0.4, 0.5) is 10.8 Å². The maximum absolute atomic E-state index is 12.3. The van der Waals surface area contributed by atoms with E-state index in [-0.39, 0.29) is 24.8 Å². The van der Waals surface area contributed by atoms with Crippen LogP contribution in [0.25, 0.3) is 0 Å². The lowest BCUT2D eigenvalue weighted by molar-refractivity contribution is -0.142. The Morgan fingerprint density at radius 3 is 2.52 bits per heavy atom. The summed E-state index contributed by atoms with van der Waals surface area (Å²) in [5.41, 5.74) is 1.58. The number of nitrogens with zero attached hydrogens (tertiary/aromatic N) is 3. The Morgan fingerprint density at radius 2 is 1.86 bits per heavy atom. The minimum Gasteiger partial charge on any atom is -0.466 e. The van der Waals surface area contributed by atoms with Gasteiger partial charge in [0.1, 0.15) is 0 Å². The van der Waals surface area contributed by atoms with Crippen molar-refractivity contribution in [3.8, 4) is 0 Å². The van der Waals surface area contributed by atoms with Crippen LogP contribution >= 0.6 is 34.5 Å². The highest BCUT2D eigenvalue weighted by atomic mass is 35.5. The van der Waals surface area contributed by atoms with E-state index in [9.17, 15) is 9.59 Å². The number of nitrogens with one attached hydrogen (secondary N) is 1. The molecule has 1 aromatic carbocycles. The number of hydrogen-bond donors (Lipinski definition) is 1. The van der Waals surface area contributed by atoms with Crippen LogP contribution in [0.15, 0.2) is 23.6 Å². The van der Waals surface area contributed by atoms with Gasteiger partial charge in [-0.1, -0.05) is 23.2 Å². The zero-order valence-corrected chi connectivity index (χ0v) is 18.3. The van der Waals surface area contributed by atoms with Gasteiger partial charge in [0.15, 0.2) is 5.13 Å². The van der Waals surface area contributed by atoms with Gasteiger partial charge < -0.3 is 15.0 Å². The third kappa shape index (κ3) is 6.57. The van der Waals surface area contributed by atoms with Crippen molar-refractivity contribution in [3.05, 3.63) is 39.3 Å². The molecular formula is C19H22Cl2N4O3S.